The van der Waals surface area contributed by atoms with Crippen molar-refractivity contribution in [2.24, 2.45) is 0 Å². The number of rotatable bonds is 12. The number of amides is 1. The molecule has 9 heteroatoms. The number of carboxylic acid groups (broad SMARTS) is 1. The standard InChI is InChI=1S/C24H30N4O3S2/c1-3-5-11-27(12-6-4-2)19-9-7-17(8-10-19)13-21-22(29)28(24(32)33-21)20(23(30)31)14-18-15-25-16-26-18/h7-10,13,15-16,20H,3-6,11-12,14H2,1-2H3,(H,25,26)(H,30,31). The van der Waals surface area contributed by atoms with E-state index in [2.05, 4.69) is 40.8 Å². The van der Waals surface area contributed by atoms with Crippen LogP contribution in [0.5, 0.6) is 0 Å². The van der Waals surface area contributed by atoms with Gasteiger partial charge in [-0.1, -0.05) is 62.8 Å². The fraction of sp³-hybridized carbons (Fsp3) is 0.417. The number of carbonyl (C=O) groups is 2. The fourth-order valence-electron chi connectivity index (χ4n) is 3.64. The number of aromatic nitrogens is 2. The van der Waals surface area contributed by atoms with Crippen molar-refractivity contribution < 1.29 is 14.7 Å². The summed E-state index contributed by atoms with van der Waals surface area (Å²) in [5.41, 5.74) is 2.68. The third-order valence-corrected chi connectivity index (χ3v) is 6.84. The molecule has 33 heavy (non-hydrogen) atoms. The van der Waals surface area contributed by atoms with Gasteiger partial charge in [0.05, 0.1) is 11.2 Å². The quantitative estimate of drug-likeness (QED) is 0.332. The van der Waals surface area contributed by atoms with Crippen LogP contribution in [0.4, 0.5) is 5.69 Å². The summed E-state index contributed by atoms with van der Waals surface area (Å²) in [5, 5.41) is 9.73. The summed E-state index contributed by atoms with van der Waals surface area (Å²) in [6, 6.07) is 7.06. The lowest BCUT2D eigenvalue weighted by Crippen LogP contribution is -2.45. The molecule has 0 spiro atoms. The van der Waals surface area contributed by atoms with E-state index in [0.717, 1.165) is 56.1 Å². The summed E-state index contributed by atoms with van der Waals surface area (Å²) in [4.78, 5) is 35.8. The molecule has 3 rings (SSSR count). The minimum absolute atomic E-state index is 0.106. The van der Waals surface area contributed by atoms with Crippen LogP contribution < -0.4 is 4.90 Å². The zero-order valence-electron chi connectivity index (χ0n) is 19.0. The number of imidazole rings is 1. The summed E-state index contributed by atoms with van der Waals surface area (Å²) in [6.45, 7) is 6.45. The predicted octanol–water partition coefficient (Wildman–Crippen LogP) is 4.71. The average molecular weight is 487 g/mol. The van der Waals surface area contributed by atoms with Crippen molar-refractivity contribution in [3.63, 3.8) is 0 Å². The van der Waals surface area contributed by atoms with Gasteiger partial charge in [-0.3, -0.25) is 9.69 Å². The summed E-state index contributed by atoms with van der Waals surface area (Å²) in [7, 11) is 0. The van der Waals surface area contributed by atoms with E-state index in [-0.39, 0.29) is 16.6 Å². The molecule has 7 nitrogen and oxygen atoms in total. The number of thiocarbonyl (C=S) groups is 1. The molecule has 1 atom stereocenters. The molecule has 0 radical (unpaired) electrons. The Hall–Kier alpha value is -2.65. The highest BCUT2D eigenvalue weighted by Gasteiger charge is 2.40. The second kappa shape index (κ2) is 12.0. The fourth-order valence-corrected chi connectivity index (χ4v) is 5.00. The van der Waals surface area contributed by atoms with Crippen LogP contribution in [0.3, 0.4) is 0 Å². The van der Waals surface area contributed by atoms with Crippen LogP contribution in [0.25, 0.3) is 6.08 Å². The molecule has 176 valence electrons. The second-order valence-corrected chi connectivity index (χ2v) is 9.65. The topological polar surface area (TPSA) is 89.5 Å². The SMILES string of the molecule is CCCCN(CCCC)c1ccc(C=C2SC(=S)N(C(Cc3cnc[nH]3)C(=O)O)C2=O)cc1. The molecule has 2 N–H and O–H groups in total. The maximum atomic E-state index is 13.1. The number of unbranched alkanes of at least 4 members (excludes halogenated alkanes) is 2. The lowest BCUT2D eigenvalue weighted by Gasteiger charge is -2.24. The Bertz CT molecular complexity index is 982. The van der Waals surface area contributed by atoms with E-state index in [1.54, 1.807) is 12.3 Å². The van der Waals surface area contributed by atoms with Crippen LogP contribution in [0.2, 0.25) is 0 Å². The molecule has 1 fully saturated rings. The first-order chi connectivity index (χ1) is 15.9. The van der Waals surface area contributed by atoms with Gasteiger partial charge in [-0.15, -0.1) is 0 Å². The van der Waals surface area contributed by atoms with Gasteiger partial charge in [-0.05, 0) is 36.6 Å². The first kappa shape index (κ1) is 25.0. The van der Waals surface area contributed by atoms with Crippen LogP contribution in [0.15, 0.2) is 41.7 Å². The van der Waals surface area contributed by atoms with E-state index in [1.165, 1.54) is 16.9 Å². The first-order valence-electron chi connectivity index (χ1n) is 11.3. The molecular formula is C24H30N4O3S2. The summed E-state index contributed by atoms with van der Waals surface area (Å²) >= 11 is 6.51. The maximum absolute atomic E-state index is 13.1. The van der Waals surface area contributed by atoms with Crippen molar-refractivity contribution in [1.29, 1.82) is 0 Å². The maximum Gasteiger partial charge on any atom is 0.327 e. The molecule has 2 aromatic rings. The molecule has 1 saturated heterocycles. The molecule has 1 aromatic heterocycles. The van der Waals surface area contributed by atoms with Crippen molar-refractivity contribution in [2.45, 2.75) is 52.0 Å². The lowest BCUT2D eigenvalue weighted by molar-refractivity contribution is -0.145. The van der Waals surface area contributed by atoms with Gasteiger partial charge in [0.15, 0.2) is 0 Å². The number of benzene rings is 1. The van der Waals surface area contributed by atoms with Crippen LogP contribution in [0.1, 0.15) is 50.8 Å². The smallest absolute Gasteiger partial charge is 0.327 e. The Kier molecular flexibility index (Phi) is 9.08. The number of carbonyl (C=O) groups excluding carboxylic acids is 1. The van der Waals surface area contributed by atoms with Crippen molar-refractivity contribution >= 4 is 51.9 Å². The number of H-pyrrole nitrogens is 1. The number of hydrogen-bond acceptors (Lipinski definition) is 6. The van der Waals surface area contributed by atoms with Gasteiger partial charge in [-0.2, -0.15) is 0 Å². The number of anilines is 1. The zero-order chi connectivity index (χ0) is 23.8. The van der Waals surface area contributed by atoms with E-state index in [1.807, 2.05) is 12.1 Å². The predicted molar refractivity (Wildman–Crippen MR) is 137 cm³/mol. The minimum atomic E-state index is -1.11. The van der Waals surface area contributed by atoms with Crippen molar-refractivity contribution in [2.75, 3.05) is 18.0 Å². The van der Waals surface area contributed by atoms with Crippen LogP contribution >= 0.6 is 24.0 Å². The molecule has 1 aliphatic rings. The van der Waals surface area contributed by atoms with E-state index in [0.29, 0.717) is 10.6 Å². The van der Waals surface area contributed by atoms with E-state index >= 15 is 0 Å². The minimum Gasteiger partial charge on any atom is -0.480 e. The number of aliphatic carboxylic acids is 1. The molecule has 1 unspecified atom stereocenters. The van der Waals surface area contributed by atoms with Gasteiger partial charge >= 0.3 is 5.97 Å². The average Bonchev–Trinajstić information content (AvgIpc) is 3.41. The van der Waals surface area contributed by atoms with Gasteiger partial charge < -0.3 is 15.0 Å². The lowest BCUT2D eigenvalue weighted by atomic mass is 10.1. The number of nitrogens with zero attached hydrogens (tertiary/aromatic N) is 3. The second-order valence-electron chi connectivity index (χ2n) is 7.97. The summed E-state index contributed by atoms with van der Waals surface area (Å²) in [5.74, 6) is -1.49. The molecule has 0 saturated carbocycles. The van der Waals surface area contributed by atoms with Crippen molar-refractivity contribution in [3.05, 3.63) is 53.0 Å². The highest BCUT2D eigenvalue weighted by Crippen LogP contribution is 2.35. The number of nitrogens with one attached hydrogen (secondary N) is 1. The highest BCUT2D eigenvalue weighted by atomic mass is 32.2. The first-order valence-corrected chi connectivity index (χ1v) is 12.5. The van der Waals surface area contributed by atoms with E-state index in [4.69, 9.17) is 12.2 Å². The Morgan fingerprint density at radius 1 is 1.24 bits per heavy atom. The molecule has 0 aliphatic carbocycles. The Labute approximate surface area is 204 Å². The number of thioether (sulfide) groups is 1. The van der Waals surface area contributed by atoms with Gasteiger partial charge in [0.1, 0.15) is 10.4 Å². The number of aromatic amines is 1. The normalized spacial score (nSPS) is 15.9. The molecule has 1 aromatic carbocycles. The molecular weight excluding hydrogens is 456 g/mol. The van der Waals surface area contributed by atoms with Gasteiger partial charge in [0.2, 0.25) is 0 Å². The number of carboxylic acids is 1. The van der Waals surface area contributed by atoms with Gasteiger partial charge in [0, 0.05) is 37.1 Å². The Morgan fingerprint density at radius 2 is 1.91 bits per heavy atom. The van der Waals surface area contributed by atoms with Gasteiger partial charge in [0.25, 0.3) is 5.91 Å². The van der Waals surface area contributed by atoms with Crippen LogP contribution in [0, 0.1) is 0 Å². The van der Waals surface area contributed by atoms with Crippen LogP contribution in [-0.2, 0) is 16.0 Å². The Balaban J connectivity index is 1.75. The number of hydrogen-bond donors (Lipinski definition) is 2. The molecule has 0 bridgehead atoms. The third-order valence-electron chi connectivity index (χ3n) is 5.51. The largest absolute Gasteiger partial charge is 0.480 e. The van der Waals surface area contributed by atoms with Crippen molar-refractivity contribution in [3.8, 4) is 0 Å². The molecule has 1 aliphatic heterocycles. The third kappa shape index (κ3) is 6.45. The highest BCUT2D eigenvalue weighted by molar-refractivity contribution is 8.26. The summed E-state index contributed by atoms with van der Waals surface area (Å²) < 4.78 is 0.250. The zero-order valence-corrected chi connectivity index (χ0v) is 20.6. The molecule has 2 heterocycles. The van der Waals surface area contributed by atoms with Crippen molar-refractivity contribution in [1.82, 2.24) is 14.9 Å². The summed E-state index contributed by atoms with van der Waals surface area (Å²) in [6.07, 6.45) is 9.52. The van der Waals surface area contributed by atoms with Gasteiger partial charge in [-0.25, -0.2) is 9.78 Å². The monoisotopic (exact) mass is 486 g/mol. The van der Waals surface area contributed by atoms with E-state index < -0.39 is 12.0 Å². The van der Waals surface area contributed by atoms with E-state index in [9.17, 15) is 14.7 Å². The Morgan fingerprint density at radius 3 is 2.45 bits per heavy atom. The molecule has 1 amide bonds. The van der Waals surface area contributed by atoms with Crippen LogP contribution in [-0.4, -0.2) is 55.3 Å².